The summed E-state index contributed by atoms with van der Waals surface area (Å²) in [5.41, 5.74) is 4.67. The van der Waals surface area contributed by atoms with Gasteiger partial charge in [-0.05, 0) is 61.4 Å². The number of anilines is 2. The first-order chi connectivity index (χ1) is 14.1. The number of fused-ring (bicyclic) bond motifs is 1. The second-order valence-corrected chi connectivity index (χ2v) is 6.80. The van der Waals surface area contributed by atoms with Crippen molar-refractivity contribution in [2.45, 2.75) is 19.9 Å². The Hall–Kier alpha value is -3.87. The molecule has 0 fully saturated rings. The van der Waals surface area contributed by atoms with Crippen molar-refractivity contribution < 1.29 is 4.79 Å². The van der Waals surface area contributed by atoms with E-state index in [1.54, 1.807) is 36.9 Å². The van der Waals surface area contributed by atoms with Crippen LogP contribution >= 0.6 is 0 Å². The Morgan fingerprint density at radius 3 is 2.72 bits per heavy atom. The highest BCUT2D eigenvalue weighted by atomic mass is 16.1. The molecule has 0 radical (unpaired) electrons. The molecule has 3 aromatic heterocycles. The topological polar surface area (TPSA) is 92.7 Å². The lowest BCUT2D eigenvalue weighted by molar-refractivity contribution is 0.102. The molecule has 1 atom stereocenters. The molecule has 0 spiro atoms. The van der Waals surface area contributed by atoms with E-state index in [0.717, 1.165) is 22.3 Å². The largest absolute Gasteiger partial charge is 0.362 e. The van der Waals surface area contributed by atoms with Crippen LogP contribution < -0.4 is 10.6 Å². The van der Waals surface area contributed by atoms with Gasteiger partial charge in [0, 0.05) is 24.3 Å². The number of hydrogen-bond acceptors (Lipinski definition) is 6. The highest BCUT2D eigenvalue weighted by Crippen LogP contribution is 2.24. The molecule has 0 bridgehead atoms. The number of hydrogen-bond donors (Lipinski definition) is 2. The normalized spacial score (nSPS) is 11.8. The lowest BCUT2D eigenvalue weighted by Crippen LogP contribution is -2.13. The number of pyridine rings is 2. The van der Waals surface area contributed by atoms with Crippen LogP contribution in [0.1, 0.15) is 34.5 Å². The first kappa shape index (κ1) is 18.5. The number of benzene rings is 1. The first-order valence-electron chi connectivity index (χ1n) is 9.26. The van der Waals surface area contributed by atoms with Gasteiger partial charge in [0.15, 0.2) is 5.65 Å². The summed E-state index contributed by atoms with van der Waals surface area (Å²) in [6.45, 7) is 4.04. The number of nitrogens with zero attached hydrogens (tertiary/aromatic N) is 4. The van der Waals surface area contributed by atoms with E-state index in [4.69, 9.17) is 0 Å². The fourth-order valence-corrected chi connectivity index (χ4v) is 3.07. The number of amides is 1. The van der Waals surface area contributed by atoms with Crippen molar-refractivity contribution in [3.05, 3.63) is 83.9 Å². The van der Waals surface area contributed by atoms with Gasteiger partial charge >= 0.3 is 0 Å². The van der Waals surface area contributed by atoms with Gasteiger partial charge in [0.1, 0.15) is 11.3 Å². The van der Waals surface area contributed by atoms with E-state index in [-0.39, 0.29) is 11.9 Å². The van der Waals surface area contributed by atoms with Gasteiger partial charge in [-0.2, -0.15) is 0 Å². The molecule has 3 heterocycles. The minimum Gasteiger partial charge on any atom is -0.362 e. The number of nitrogens with one attached hydrogen (secondary N) is 2. The number of carbonyl (C=O) groups excluding carboxylic acids is 1. The zero-order valence-corrected chi connectivity index (χ0v) is 16.1. The lowest BCUT2D eigenvalue weighted by atomic mass is 10.0. The monoisotopic (exact) mass is 384 g/mol. The SMILES string of the molecule is Cc1cc(NC(=O)c2cccnc2)cc([C@H](C)Nc2cnc3ncccc3n2)c1. The van der Waals surface area contributed by atoms with Gasteiger partial charge in [-0.1, -0.05) is 6.07 Å². The van der Waals surface area contributed by atoms with Gasteiger partial charge in [-0.15, -0.1) is 0 Å². The van der Waals surface area contributed by atoms with Crippen LogP contribution in [0.25, 0.3) is 11.2 Å². The summed E-state index contributed by atoms with van der Waals surface area (Å²) in [7, 11) is 0. The second-order valence-electron chi connectivity index (χ2n) is 6.80. The summed E-state index contributed by atoms with van der Waals surface area (Å²) in [6, 6.07) is 13.1. The Labute approximate surface area is 168 Å². The van der Waals surface area contributed by atoms with Gasteiger partial charge < -0.3 is 10.6 Å². The van der Waals surface area contributed by atoms with Crippen LogP contribution in [0.5, 0.6) is 0 Å². The van der Waals surface area contributed by atoms with Crippen molar-refractivity contribution in [1.29, 1.82) is 0 Å². The fourth-order valence-electron chi connectivity index (χ4n) is 3.07. The van der Waals surface area contributed by atoms with Crippen LogP contribution in [-0.2, 0) is 0 Å². The van der Waals surface area contributed by atoms with E-state index in [1.165, 1.54) is 0 Å². The number of carbonyl (C=O) groups is 1. The summed E-state index contributed by atoms with van der Waals surface area (Å²) in [6.07, 6.45) is 6.55. The zero-order valence-electron chi connectivity index (χ0n) is 16.1. The molecule has 1 aromatic carbocycles. The van der Waals surface area contributed by atoms with Crippen molar-refractivity contribution in [1.82, 2.24) is 19.9 Å². The molecule has 2 N–H and O–H groups in total. The molecular weight excluding hydrogens is 364 g/mol. The van der Waals surface area contributed by atoms with Crippen molar-refractivity contribution in [2.75, 3.05) is 10.6 Å². The van der Waals surface area contributed by atoms with Gasteiger partial charge in [0.25, 0.3) is 5.91 Å². The lowest BCUT2D eigenvalue weighted by Gasteiger charge is -2.17. The number of rotatable bonds is 5. The summed E-state index contributed by atoms with van der Waals surface area (Å²) >= 11 is 0. The molecule has 0 unspecified atom stereocenters. The maximum Gasteiger partial charge on any atom is 0.257 e. The Morgan fingerprint density at radius 1 is 1.03 bits per heavy atom. The molecule has 1 amide bonds. The van der Waals surface area contributed by atoms with Crippen LogP contribution in [-0.4, -0.2) is 25.8 Å². The maximum atomic E-state index is 12.4. The summed E-state index contributed by atoms with van der Waals surface area (Å²) in [5.74, 6) is 0.476. The van der Waals surface area contributed by atoms with Crippen molar-refractivity contribution in [2.24, 2.45) is 0 Å². The zero-order chi connectivity index (χ0) is 20.2. The molecule has 0 saturated heterocycles. The molecule has 4 rings (SSSR count). The van der Waals surface area contributed by atoms with Crippen LogP contribution in [0.2, 0.25) is 0 Å². The van der Waals surface area contributed by atoms with E-state index in [1.807, 2.05) is 38.1 Å². The first-order valence-corrected chi connectivity index (χ1v) is 9.26. The highest BCUT2D eigenvalue weighted by Gasteiger charge is 2.11. The van der Waals surface area contributed by atoms with E-state index in [0.29, 0.717) is 17.0 Å². The van der Waals surface area contributed by atoms with Crippen LogP contribution in [0, 0.1) is 6.92 Å². The Bertz CT molecular complexity index is 1160. The Kier molecular flexibility index (Phi) is 5.11. The van der Waals surface area contributed by atoms with Gasteiger partial charge in [-0.3, -0.25) is 9.78 Å². The molecule has 7 nitrogen and oxygen atoms in total. The average molecular weight is 384 g/mol. The minimum absolute atomic E-state index is 0.0348. The predicted octanol–water partition coefficient (Wildman–Crippen LogP) is 4.15. The van der Waals surface area contributed by atoms with Crippen molar-refractivity contribution in [3.63, 3.8) is 0 Å². The predicted molar refractivity (Wildman–Crippen MR) is 113 cm³/mol. The van der Waals surface area contributed by atoms with Crippen LogP contribution in [0.4, 0.5) is 11.5 Å². The summed E-state index contributed by atoms with van der Waals surface area (Å²) < 4.78 is 0. The smallest absolute Gasteiger partial charge is 0.257 e. The van der Waals surface area contributed by atoms with Gasteiger partial charge in [-0.25, -0.2) is 15.0 Å². The molecule has 0 saturated carbocycles. The fraction of sp³-hybridized carbons (Fsp3) is 0.136. The van der Waals surface area contributed by atoms with E-state index >= 15 is 0 Å². The molecule has 0 aliphatic rings. The van der Waals surface area contributed by atoms with Gasteiger partial charge in [0.05, 0.1) is 17.8 Å². The molecule has 29 heavy (non-hydrogen) atoms. The molecule has 144 valence electrons. The quantitative estimate of drug-likeness (QED) is 0.537. The third-order valence-electron chi connectivity index (χ3n) is 4.46. The Morgan fingerprint density at radius 2 is 1.90 bits per heavy atom. The van der Waals surface area contributed by atoms with Crippen LogP contribution in [0.15, 0.2) is 67.3 Å². The average Bonchev–Trinajstić information content (AvgIpc) is 2.74. The molecule has 0 aliphatic heterocycles. The molecule has 4 aromatic rings. The van der Waals surface area contributed by atoms with Crippen LogP contribution in [0.3, 0.4) is 0 Å². The van der Waals surface area contributed by atoms with E-state index < -0.39 is 0 Å². The maximum absolute atomic E-state index is 12.4. The standard InChI is InChI=1S/C22H20N6O/c1-14-9-17(11-18(10-14)27-22(29)16-5-3-7-23-12-16)15(2)26-20-13-25-21-19(28-20)6-4-8-24-21/h3-13,15H,1-2H3,(H,26,28)(H,27,29)/t15-/m0/s1. The van der Waals surface area contributed by atoms with E-state index in [2.05, 4.69) is 36.6 Å². The molecular formula is C22H20N6O. The highest BCUT2D eigenvalue weighted by molar-refractivity contribution is 6.04. The van der Waals surface area contributed by atoms with Crippen molar-refractivity contribution >= 4 is 28.6 Å². The molecule has 0 aliphatic carbocycles. The van der Waals surface area contributed by atoms with Crippen molar-refractivity contribution in [3.8, 4) is 0 Å². The second kappa shape index (κ2) is 8.02. The third-order valence-corrected chi connectivity index (χ3v) is 4.46. The Balaban J connectivity index is 1.53. The number of aromatic nitrogens is 4. The number of aryl methyl sites for hydroxylation is 1. The summed E-state index contributed by atoms with van der Waals surface area (Å²) in [4.78, 5) is 29.5. The molecule has 7 heteroatoms. The van der Waals surface area contributed by atoms with Gasteiger partial charge in [0.2, 0.25) is 0 Å². The minimum atomic E-state index is -0.192. The van der Waals surface area contributed by atoms with E-state index in [9.17, 15) is 4.79 Å². The summed E-state index contributed by atoms with van der Waals surface area (Å²) in [5, 5.41) is 6.31. The third kappa shape index (κ3) is 4.35.